The topological polar surface area (TPSA) is 122 Å². The maximum Gasteiger partial charge on any atom is 0.381 e. The van der Waals surface area contributed by atoms with E-state index in [1.807, 2.05) is 0 Å². The van der Waals surface area contributed by atoms with Gasteiger partial charge in [0.05, 0.1) is 0 Å². The number of amides is 3. The van der Waals surface area contributed by atoms with Crippen molar-refractivity contribution in [2.24, 2.45) is 0 Å². The minimum atomic E-state index is -0.564. The summed E-state index contributed by atoms with van der Waals surface area (Å²) in [4.78, 5) is 55.7. The third-order valence-corrected chi connectivity index (χ3v) is 5.21. The van der Waals surface area contributed by atoms with Gasteiger partial charge in [-0.15, -0.1) is 0 Å². The van der Waals surface area contributed by atoms with Gasteiger partial charge in [-0.05, 0) is 22.7 Å². The van der Waals surface area contributed by atoms with E-state index in [0.29, 0.717) is 51.6 Å². The van der Waals surface area contributed by atoms with E-state index in [1.165, 1.54) is 11.1 Å². The first-order valence-corrected chi connectivity index (χ1v) is 9.41. The van der Waals surface area contributed by atoms with Crippen molar-refractivity contribution in [1.29, 1.82) is 0 Å². The van der Waals surface area contributed by atoms with Crippen molar-refractivity contribution < 1.29 is 19.3 Å². The van der Waals surface area contributed by atoms with Gasteiger partial charge in [-0.25, -0.2) is 0 Å². The van der Waals surface area contributed by atoms with Crippen LogP contribution in [0.3, 0.4) is 0 Å². The van der Waals surface area contributed by atoms with Gasteiger partial charge in [-0.1, -0.05) is 0 Å². The summed E-state index contributed by atoms with van der Waals surface area (Å²) in [7, 11) is 0. The van der Waals surface area contributed by atoms with Gasteiger partial charge in [0.2, 0.25) is 11.7 Å². The normalized spacial score (nSPS) is 17.1. The standard InChI is InChI=1S/C17H24N6O5/c1-13-18-14(23(27)28)12-22(13)7-4-15(24)19-8-10-21(11-9-19)17(26)16(25)20-5-2-3-6-20/h12H,2-11H2,1H3. The maximum atomic E-state index is 12.4. The van der Waals surface area contributed by atoms with Crippen LogP contribution in [0.15, 0.2) is 6.20 Å². The van der Waals surface area contributed by atoms with Crippen LogP contribution in [-0.4, -0.2) is 86.2 Å². The number of rotatable bonds is 4. The third-order valence-electron chi connectivity index (χ3n) is 5.21. The van der Waals surface area contributed by atoms with Gasteiger partial charge in [0.15, 0.2) is 0 Å². The van der Waals surface area contributed by atoms with Crippen LogP contribution in [0.5, 0.6) is 0 Å². The molecule has 11 heteroatoms. The zero-order valence-corrected chi connectivity index (χ0v) is 15.9. The molecular weight excluding hydrogens is 368 g/mol. The molecule has 0 N–H and O–H groups in total. The lowest BCUT2D eigenvalue weighted by Gasteiger charge is -2.35. The monoisotopic (exact) mass is 392 g/mol. The highest BCUT2D eigenvalue weighted by Crippen LogP contribution is 2.13. The molecule has 1 aromatic rings. The molecule has 0 atom stereocenters. The van der Waals surface area contributed by atoms with Crippen molar-refractivity contribution in [2.75, 3.05) is 39.3 Å². The second-order valence-corrected chi connectivity index (χ2v) is 7.02. The molecule has 3 amide bonds. The zero-order chi connectivity index (χ0) is 20.3. The van der Waals surface area contributed by atoms with E-state index < -0.39 is 16.7 Å². The maximum absolute atomic E-state index is 12.4. The number of hydrogen-bond acceptors (Lipinski definition) is 6. The fourth-order valence-corrected chi connectivity index (χ4v) is 3.53. The van der Waals surface area contributed by atoms with Gasteiger partial charge in [-0.2, -0.15) is 0 Å². The number of nitro groups is 1. The van der Waals surface area contributed by atoms with Crippen molar-refractivity contribution >= 4 is 23.5 Å². The molecule has 3 rings (SSSR count). The molecule has 152 valence electrons. The summed E-state index contributed by atoms with van der Waals surface area (Å²) in [5.41, 5.74) is 0. The Morgan fingerprint density at radius 1 is 1.00 bits per heavy atom. The number of nitrogens with zero attached hydrogens (tertiary/aromatic N) is 6. The predicted molar refractivity (Wildman–Crippen MR) is 97.2 cm³/mol. The lowest BCUT2D eigenvalue weighted by atomic mass is 10.2. The Labute approximate surface area is 162 Å². The molecule has 2 fully saturated rings. The van der Waals surface area contributed by atoms with Crippen LogP contribution in [0.2, 0.25) is 0 Å². The SMILES string of the molecule is Cc1nc([N+](=O)[O-])cn1CCC(=O)N1CCN(C(=O)C(=O)N2CCCC2)CC1. The van der Waals surface area contributed by atoms with Gasteiger partial charge in [0, 0.05) is 59.2 Å². The molecule has 28 heavy (non-hydrogen) atoms. The number of aryl methyl sites for hydroxylation is 2. The molecule has 11 nitrogen and oxygen atoms in total. The van der Waals surface area contributed by atoms with Crippen LogP contribution < -0.4 is 0 Å². The summed E-state index contributed by atoms with van der Waals surface area (Å²) in [6.45, 7) is 4.64. The van der Waals surface area contributed by atoms with Gasteiger partial charge in [0.1, 0.15) is 6.20 Å². The van der Waals surface area contributed by atoms with Crippen LogP contribution in [0.4, 0.5) is 5.82 Å². The van der Waals surface area contributed by atoms with E-state index in [4.69, 9.17) is 0 Å². The second kappa shape index (κ2) is 8.36. The number of imidazole rings is 1. The Hall–Kier alpha value is -2.98. The van der Waals surface area contributed by atoms with Crippen LogP contribution in [-0.2, 0) is 20.9 Å². The Morgan fingerprint density at radius 3 is 2.07 bits per heavy atom. The van der Waals surface area contributed by atoms with E-state index in [-0.39, 0.29) is 18.1 Å². The first kappa shape index (κ1) is 19.8. The number of hydrogen-bond donors (Lipinski definition) is 0. The molecule has 3 heterocycles. The largest absolute Gasteiger partial charge is 0.381 e. The van der Waals surface area contributed by atoms with Crippen molar-refractivity contribution in [3.05, 3.63) is 22.1 Å². The molecule has 0 spiro atoms. The lowest BCUT2D eigenvalue weighted by Crippen LogP contribution is -2.54. The van der Waals surface area contributed by atoms with Gasteiger partial charge in [0.25, 0.3) is 0 Å². The summed E-state index contributed by atoms with van der Waals surface area (Å²) in [5.74, 6) is -0.784. The van der Waals surface area contributed by atoms with Crippen LogP contribution >= 0.6 is 0 Å². The Kier molecular flexibility index (Phi) is 5.90. The van der Waals surface area contributed by atoms with E-state index >= 15 is 0 Å². The molecule has 2 aliphatic rings. The summed E-state index contributed by atoms with van der Waals surface area (Å²) < 4.78 is 1.59. The van der Waals surface area contributed by atoms with E-state index in [1.54, 1.807) is 21.3 Å². The van der Waals surface area contributed by atoms with E-state index in [9.17, 15) is 24.5 Å². The van der Waals surface area contributed by atoms with E-state index in [2.05, 4.69) is 4.98 Å². The number of aromatic nitrogens is 2. The predicted octanol–water partition coefficient (Wildman–Crippen LogP) is -0.217. The van der Waals surface area contributed by atoms with Crippen LogP contribution in [0.25, 0.3) is 0 Å². The first-order chi connectivity index (χ1) is 13.4. The summed E-state index contributed by atoms with van der Waals surface area (Å²) in [6, 6.07) is 0. The number of piperazine rings is 1. The van der Waals surface area contributed by atoms with Crippen molar-refractivity contribution in [3.63, 3.8) is 0 Å². The highest BCUT2D eigenvalue weighted by molar-refractivity contribution is 6.35. The molecule has 0 bridgehead atoms. The second-order valence-electron chi connectivity index (χ2n) is 7.02. The highest BCUT2D eigenvalue weighted by atomic mass is 16.6. The van der Waals surface area contributed by atoms with Gasteiger partial charge >= 0.3 is 17.6 Å². The van der Waals surface area contributed by atoms with Crippen molar-refractivity contribution in [2.45, 2.75) is 32.7 Å². The molecule has 2 aliphatic heterocycles. The van der Waals surface area contributed by atoms with E-state index in [0.717, 1.165) is 12.8 Å². The molecule has 0 saturated carbocycles. The minimum Gasteiger partial charge on any atom is -0.358 e. The zero-order valence-electron chi connectivity index (χ0n) is 15.9. The summed E-state index contributed by atoms with van der Waals surface area (Å²) in [5, 5.41) is 10.8. The molecule has 1 aromatic heterocycles. The molecule has 0 aliphatic carbocycles. The average Bonchev–Trinajstić information content (AvgIpc) is 3.35. The van der Waals surface area contributed by atoms with Gasteiger partial charge < -0.3 is 29.4 Å². The molecule has 0 unspecified atom stereocenters. The Morgan fingerprint density at radius 2 is 1.54 bits per heavy atom. The summed E-state index contributed by atoms with van der Waals surface area (Å²) >= 11 is 0. The molecular formula is C17H24N6O5. The number of carbonyl (C=O) groups excluding carboxylic acids is 3. The molecule has 0 radical (unpaired) electrons. The highest BCUT2D eigenvalue weighted by Gasteiger charge is 2.31. The Balaban J connectivity index is 1.46. The lowest BCUT2D eigenvalue weighted by molar-refractivity contribution is -0.389. The van der Waals surface area contributed by atoms with Gasteiger partial charge in [-0.3, -0.25) is 14.4 Å². The van der Waals surface area contributed by atoms with Crippen molar-refractivity contribution in [1.82, 2.24) is 24.3 Å². The fourth-order valence-electron chi connectivity index (χ4n) is 3.53. The van der Waals surface area contributed by atoms with Crippen molar-refractivity contribution in [3.8, 4) is 0 Å². The molecule has 2 saturated heterocycles. The summed E-state index contributed by atoms with van der Waals surface area (Å²) in [6.07, 6.45) is 3.37. The Bertz CT molecular complexity index is 777. The minimum absolute atomic E-state index is 0.0891. The number of likely N-dealkylation sites (tertiary alicyclic amines) is 1. The third kappa shape index (κ3) is 4.29. The number of carbonyl (C=O) groups is 3. The smallest absolute Gasteiger partial charge is 0.358 e. The quantitative estimate of drug-likeness (QED) is 0.397. The first-order valence-electron chi connectivity index (χ1n) is 9.41. The fraction of sp³-hybridized carbons (Fsp3) is 0.647. The average molecular weight is 392 g/mol. The van der Waals surface area contributed by atoms with Crippen LogP contribution in [0, 0.1) is 17.0 Å². The van der Waals surface area contributed by atoms with Crippen LogP contribution in [0.1, 0.15) is 25.1 Å². The molecule has 0 aromatic carbocycles.